The minimum atomic E-state index is -3.71. The molecule has 5 nitrogen and oxygen atoms in total. The molecule has 0 bridgehead atoms. The van der Waals surface area contributed by atoms with E-state index in [0.29, 0.717) is 21.8 Å². The number of hydrogen-bond acceptors (Lipinski definition) is 4. The van der Waals surface area contributed by atoms with Crippen LogP contribution in [0.15, 0.2) is 39.8 Å². The number of aryl methyl sites for hydroxylation is 3. The number of furan rings is 1. The van der Waals surface area contributed by atoms with Gasteiger partial charge in [-0.2, -0.15) is 9.57 Å². The molecule has 0 atom stereocenters. The van der Waals surface area contributed by atoms with Gasteiger partial charge in [-0.1, -0.05) is 17.7 Å². The first-order valence-electron chi connectivity index (χ1n) is 7.33. The van der Waals surface area contributed by atoms with Crippen LogP contribution in [-0.2, 0) is 16.6 Å². The third-order valence-corrected chi connectivity index (χ3v) is 5.74. The van der Waals surface area contributed by atoms with Gasteiger partial charge in [-0.15, -0.1) is 0 Å². The van der Waals surface area contributed by atoms with Crippen LogP contribution < -0.4 is 0 Å². The minimum absolute atomic E-state index is 0.115. The molecule has 0 aliphatic carbocycles. The summed E-state index contributed by atoms with van der Waals surface area (Å²) in [5.41, 5.74) is 2.45. The molecule has 0 unspecified atom stereocenters. The van der Waals surface area contributed by atoms with Crippen molar-refractivity contribution in [2.24, 2.45) is 0 Å². The average molecular weight is 332 g/mol. The van der Waals surface area contributed by atoms with Crippen molar-refractivity contribution in [3.05, 3.63) is 53.0 Å². The number of nitriles is 1. The minimum Gasteiger partial charge on any atom is -0.468 e. The van der Waals surface area contributed by atoms with Crippen molar-refractivity contribution in [1.29, 1.82) is 5.26 Å². The lowest BCUT2D eigenvalue weighted by Gasteiger charge is -2.22. The fourth-order valence-electron chi connectivity index (χ4n) is 2.74. The Bertz CT molecular complexity index is 795. The molecule has 0 N–H and O–H groups in total. The molecule has 0 saturated heterocycles. The van der Waals surface area contributed by atoms with Crippen molar-refractivity contribution in [3.8, 4) is 6.07 Å². The second-order valence-corrected chi connectivity index (χ2v) is 7.43. The first kappa shape index (κ1) is 17.3. The molecule has 0 aliphatic rings. The number of benzene rings is 1. The summed E-state index contributed by atoms with van der Waals surface area (Å²) in [4.78, 5) is 0.313. The van der Waals surface area contributed by atoms with E-state index in [1.54, 1.807) is 26.0 Å². The Morgan fingerprint density at radius 3 is 2.39 bits per heavy atom. The van der Waals surface area contributed by atoms with Gasteiger partial charge in [-0.05, 0) is 44.0 Å². The van der Waals surface area contributed by atoms with Crippen LogP contribution in [0.2, 0.25) is 0 Å². The van der Waals surface area contributed by atoms with E-state index in [1.165, 1.54) is 10.6 Å². The van der Waals surface area contributed by atoms with E-state index in [2.05, 4.69) is 0 Å². The lowest BCUT2D eigenvalue weighted by molar-refractivity contribution is 0.368. The number of nitrogens with zero attached hydrogens (tertiary/aromatic N) is 2. The van der Waals surface area contributed by atoms with Crippen molar-refractivity contribution in [3.63, 3.8) is 0 Å². The Balaban J connectivity index is 2.46. The van der Waals surface area contributed by atoms with Crippen molar-refractivity contribution in [2.45, 2.75) is 38.6 Å². The maximum atomic E-state index is 13.1. The summed E-state index contributed by atoms with van der Waals surface area (Å²) in [6.07, 6.45) is 1.64. The Kier molecular flexibility index (Phi) is 5.24. The zero-order chi connectivity index (χ0) is 17.0. The van der Waals surface area contributed by atoms with Crippen LogP contribution in [-0.4, -0.2) is 19.3 Å². The molecular formula is C17H20N2O3S. The van der Waals surface area contributed by atoms with Crippen molar-refractivity contribution >= 4 is 10.0 Å². The van der Waals surface area contributed by atoms with Crippen molar-refractivity contribution in [2.75, 3.05) is 6.54 Å². The lowest BCUT2D eigenvalue weighted by Crippen LogP contribution is -2.32. The van der Waals surface area contributed by atoms with Gasteiger partial charge in [0, 0.05) is 13.0 Å². The zero-order valence-electron chi connectivity index (χ0n) is 13.5. The first-order valence-corrected chi connectivity index (χ1v) is 8.77. The van der Waals surface area contributed by atoms with E-state index in [4.69, 9.17) is 9.68 Å². The highest BCUT2D eigenvalue weighted by Gasteiger charge is 2.28. The van der Waals surface area contributed by atoms with E-state index in [9.17, 15) is 8.42 Å². The van der Waals surface area contributed by atoms with E-state index < -0.39 is 10.0 Å². The molecular weight excluding hydrogens is 312 g/mol. The molecule has 0 amide bonds. The Morgan fingerprint density at radius 1 is 1.22 bits per heavy atom. The Hall–Kier alpha value is -2.10. The third-order valence-electron chi connectivity index (χ3n) is 3.59. The van der Waals surface area contributed by atoms with Crippen LogP contribution in [0.5, 0.6) is 0 Å². The lowest BCUT2D eigenvalue weighted by atomic mass is 10.1. The largest absolute Gasteiger partial charge is 0.468 e. The van der Waals surface area contributed by atoms with Gasteiger partial charge in [0.2, 0.25) is 10.0 Å². The molecule has 2 rings (SSSR count). The predicted molar refractivity (Wildman–Crippen MR) is 87.2 cm³/mol. The quantitative estimate of drug-likeness (QED) is 0.813. The molecule has 1 aromatic carbocycles. The van der Waals surface area contributed by atoms with Crippen LogP contribution in [0, 0.1) is 32.1 Å². The fraction of sp³-hybridized carbons (Fsp3) is 0.353. The molecule has 0 fully saturated rings. The summed E-state index contributed by atoms with van der Waals surface area (Å²) in [5.74, 6) is 0.550. The zero-order valence-corrected chi connectivity index (χ0v) is 14.4. The van der Waals surface area contributed by atoms with Crippen LogP contribution in [0.25, 0.3) is 0 Å². The highest BCUT2D eigenvalue weighted by Crippen LogP contribution is 2.26. The topological polar surface area (TPSA) is 74.3 Å². The maximum Gasteiger partial charge on any atom is 0.244 e. The van der Waals surface area contributed by atoms with Gasteiger partial charge in [-0.25, -0.2) is 8.42 Å². The molecule has 0 saturated carbocycles. The first-order chi connectivity index (χ1) is 10.9. The van der Waals surface area contributed by atoms with Gasteiger partial charge in [0.05, 0.1) is 23.8 Å². The van der Waals surface area contributed by atoms with Gasteiger partial charge in [0.15, 0.2) is 0 Å². The molecule has 0 spiro atoms. The monoisotopic (exact) mass is 332 g/mol. The van der Waals surface area contributed by atoms with Gasteiger partial charge in [0.1, 0.15) is 5.76 Å². The molecule has 6 heteroatoms. The molecule has 0 radical (unpaired) electrons. The van der Waals surface area contributed by atoms with Crippen LogP contribution >= 0.6 is 0 Å². The van der Waals surface area contributed by atoms with E-state index in [0.717, 1.165) is 5.56 Å². The summed E-state index contributed by atoms with van der Waals surface area (Å²) < 4.78 is 32.8. The van der Waals surface area contributed by atoms with Gasteiger partial charge >= 0.3 is 0 Å². The van der Waals surface area contributed by atoms with E-state index in [1.807, 2.05) is 25.1 Å². The molecule has 122 valence electrons. The van der Waals surface area contributed by atoms with E-state index in [-0.39, 0.29) is 19.5 Å². The summed E-state index contributed by atoms with van der Waals surface area (Å²) >= 11 is 0. The van der Waals surface area contributed by atoms with Gasteiger partial charge < -0.3 is 4.42 Å². The third kappa shape index (κ3) is 3.81. The standard InChI is InChI=1S/C17H20N2O3S/c1-13-10-14(2)17(15(3)11-13)23(20,21)19(8-5-7-18)12-16-6-4-9-22-16/h4,6,9-11H,5,8,12H2,1-3H3. The highest BCUT2D eigenvalue weighted by atomic mass is 32.2. The van der Waals surface area contributed by atoms with Crippen molar-refractivity contribution in [1.82, 2.24) is 4.31 Å². The summed E-state index contributed by atoms with van der Waals surface area (Å²) in [6, 6.07) is 9.16. The van der Waals surface area contributed by atoms with Crippen LogP contribution in [0.4, 0.5) is 0 Å². The fourth-order valence-corrected chi connectivity index (χ4v) is 4.56. The second-order valence-electron chi connectivity index (χ2n) is 5.55. The average Bonchev–Trinajstić information content (AvgIpc) is 2.94. The molecule has 1 heterocycles. The van der Waals surface area contributed by atoms with E-state index >= 15 is 0 Å². The number of hydrogen-bond donors (Lipinski definition) is 0. The van der Waals surface area contributed by atoms with Crippen LogP contribution in [0.1, 0.15) is 28.9 Å². The highest BCUT2D eigenvalue weighted by molar-refractivity contribution is 7.89. The predicted octanol–water partition coefficient (Wildman–Crippen LogP) is 3.31. The number of sulfonamides is 1. The Morgan fingerprint density at radius 2 is 1.87 bits per heavy atom. The van der Waals surface area contributed by atoms with Crippen LogP contribution in [0.3, 0.4) is 0 Å². The van der Waals surface area contributed by atoms with Crippen molar-refractivity contribution < 1.29 is 12.8 Å². The molecule has 1 aromatic heterocycles. The smallest absolute Gasteiger partial charge is 0.244 e. The van der Waals surface area contributed by atoms with Gasteiger partial charge in [-0.3, -0.25) is 0 Å². The van der Waals surface area contributed by atoms with Gasteiger partial charge in [0.25, 0.3) is 0 Å². The SMILES string of the molecule is Cc1cc(C)c(S(=O)(=O)N(CCC#N)Cc2ccco2)c(C)c1. The summed E-state index contributed by atoms with van der Waals surface area (Å²) in [7, 11) is -3.71. The second kappa shape index (κ2) is 6.99. The Labute approximate surface area is 137 Å². The normalized spacial score (nSPS) is 11.6. The maximum absolute atomic E-state index is 13.1. The molecule has 2 aromatic rings. The summed E-state index contributed by atoms with van der Waals surface area (Å²) in [5, 5.41) is 8.83. The summed E-state index contributed by atoms with van der Waals surface area (Å²) in [6.45, 7) is 5.77. The molecule has 23 heavy (non-hydrogen) atoms. The molecule has 0 aliphatic heterocycles. The number of rotatable bonds is 6.